The summed E-state index contributed by atoms with van der Waals surface area (Å²) in [6.07, 6.45) is -8.24. The van der Waals surface area contributed by atoms with Gasteiger partial charge in [0.1, 0.15) is 6.10 Å². The van der Waals surface area contributed by atoms with Crippen molar-refractivity contribution in [3.05, 3.63) is 0 Å². The van der Waals surface area contributed by atoms with E-state index in [0.717, 1.165) is 34.6 Å². The molecule has 12 nitrogen and oxygen atoms in total. The SMILES string of the molecule is CC(=O)OC1C(OC(C)=O)C(OCCCO)[C@@H](OC(C)=O)C(OC(C)=O)C1OC(C)=O. The quantitative estimate of drug-likeness (QED) is 0.272. The molecule has 0 aromatic heterocycles. The number of rotatable bonds is 9. The maximum Gasteiger partial charge on any atom is 0.303 e. The zero-order chi connectivity index (χ0) is 23.7. The van der Waals surface area contributed by atoms with Gasteiger partial charge in [-0.3, -0.25) is 24.0 Å². The lowest BCUT2D eigenvalue weighted by Crippen LogP contribution is -2.68. The van der Waals surface area contributed by atoms with E-state index < -0.39 is 66.5 Å². The van der Waals surface area contributed by atoms with Crippen LogP contribution in [0, 0.1) is 0 Å². The molecule has 31 heavy (non-hydrogen) atoms. The first-order chi connectivity index (χ1) is 14.5. The van der Waals surface area contributed by atoms with Gasteiger partial charge in [-0.05, 0) is 6.42 Å². The Morgan fingerprint density at radius 3 is 1.03 bits per heavy atom. The molecule has 0 aromatic carbocycles. The second-order valence-corrected chi connectivity index (χ2v) is 6.78. The molecule has 0 heterocycles. The van der Waals surface area contributed by atoms with Gasteiger partial charge in [0.2, 0.25) is 0 Å². The third-order valence-electron chi connectivity index (χ3n) is 4.07. The zero-order valence-corrected chi connectivity index (χ0v) is 18.0. The highest BCUT2D eigenvalue weighted by atomic mass is 16.7. The number of carbonyl (C=O) groups excluding carboxylic acids is 5. The normalized spacial score (nSPS) is 27.5. The van der Waals surface area contributed by atoms with Crippen LogP contribution >= 0.6 is 0 Å². The van der Waals surface area contributed by atoms with Gasteiger partial charge in [-0.25, -0.2) is 0 Å². The average Bonchev–Trinajstić information content (AvgIpc) is 2.61. The molecule has 0 bridgehead atoms. The van der Waals surface area contributed by atoms with Crippen LogP contribution in [0.5, 0.6) is 0 Å². The first kappa shape index (κ1) is 26.3. The van der Waals surface area contributed by atoms with E-state index in [0.29, 0.717) is 0 Å². The summed E-state index contributed by atoms with van der Waals surface area (Å²) in [7, 11) is 0. The van der Waals surface area contributed by atoms with Crippen molar-refractivity contribution in [1.29, 1.82) is 0 Å². The Kier molecular flexibility index (Phi) is 10.4. The van der Waals surface area contributed by atoms with Crippen molar-refractivity contribution >= 4 is 29.8 Å². The lowest BCUT2D eigenvalue weighted by molar-refractivity contribution is -0.262. The van der Waals surface area contributed by atoms with Crippen LogP contribution in [0.2, 0.25) is 0 Å². The van der Waals surface area contributed by atoms with E-state index in [1.807, 2.05) is 0 Å². The molecule has 0 amide bonds. The summed E-state index contributed by atoms with van der Waals surface area (Å²) in [6.45, 7) is 5.13. The summed E-state index contributed by atoms with van der Waals surface area (Å²) in [5.74, 6) is -4.00. The molecule has 0 aromatic rings. The molecule has 176 valence electrons. The Bertz CT molecular complexity index is 631. The van der Waals surface area contributed by atoms with Crippen molar-refractivity contribution in [2.24, 2.45) is 0 Å². The lowest BCUT2D eigenvalue weighted by Gasteiger charge is -2.47. The van der Waals surface area contributed by atoms with Gasteiger partial charge in [-0.1, -0.05) is 0 Å². The zero-order valence-electron chi connectivity index (χ0n) is 18.0. The summed E-state index contributed by atoms with van der Waals surface area (Å²) < 4.78 is 32.1. The third-order valence-corrected chi connectivity index (χ3v) is 4.07. The van der Waals surface area contributed by atoms with Crippen molar-refractivity contribution in [2.75, 3.05) is 13.2 Å². The molecular weight excluding hydrogens is 420 g/mol. The molecule has 0 spiro atoms. The first-order valence-electron chi connectivity index (χ1n) is 9.56. The van der Waals surface area contributed by atoms with Crippen LogP contribution in [-0.2, 0) is 52.4 Å². The Morgan fingerprint density at radius 1 is 0.548 bits per heavy atom. The maximum atomic E-state index is 11.8. The largest absolute Gasteiger partial charge is 0.455 e. The number of ether oxygens (including phenoxy) is 6. The van der Waals surface area contributed by atoms with Gasteiger partial charge >= 0.3 is 29.8 Å². The van der Waals surface area contributed by atoms with Crippen molar-refractivity contribution in [1.82, 2.24) is 0 Å². The standard InChI is InChI=1S/C19H28O12/c1-9(21)27-15-14(26-8-6-7-20)16(28-10(2)22)18(30-12(4)24)19(31-13(5)25)17(15)29-11(3)23/h14-20H,6-8H2,1-5H3/t14?,15-,16?,17?,18?,19?/m1/s1. The molecule has 12 heteroatoms. The minimum absolute atomic E-state index is 0.0610. The van der Waals surface area contributed by atoms with Crippen LogP contribution in [0.4, 0.5) is 0 Å². The third kappa shape index (κ3) is 8.13. The predicted molar refractivity (Wildman–Crippen MR) is 99.2 cm³/mol. The van der Waals surface area contributed by atoms with Gasteiger partial charge < -0.3 is 33.5 Å². The maximum absolute atomic E-state index is 11.8. The van der Waals surface area contributed by atoms with E-state index in [-0.39, 0.29) is 19.6 Å². The topological polar surface area (TPSA) is 161 Å². The van der Waals surface area contributed by atoms with Crippen LogP contribution < -0.4 is 0 Å². The van der Waals surface area contributed by atoms with E-state index in [9.17, 15) is 24.0 Å². The molecule has 1 aliphatic rings. The highest BCUT2D eigenvalue weighted by Gasteiger charge is 2.59. The minimum atomic E-state index is -1.48. The van der Waals surface area contributed by atoms with E-state index in [1.165, 1.54) is 0 Å². The second kappa shape index (κ2) is 12.2. The van der Waals surface area contributed by atoms with Gasteiger partial charge in [0.25, 0.3) is 0 Å². The molecule has 1 saturated carbocycles. The van der Waals surface area contributed by atoms with E-state index in [1.54, 1.807) is 0 Å². The lowest BCUT2D eigenvalue weighted by atomic mass is 9.83. The van der Waals surface area contributed by atoms with E-state index in [2.05, 4.69) is 0 Å². The van der Waals surface area contributed by atoms with Gasteiger partial charge in [0.15, 0.2) is 30.5 Å². The number of carbonyl (C=O) groups is 5. The van der Waals surface area contributed by atoms with Crippen LogP contribution in [0.15, 0.2) is 0 Å². The van der Waals surface area contributed by atoms with Crippen LogP contribution in [0.1, 0.15) is 41.0 Å². The molecule has 5 unspecified atom stereocenters. The smallest absolute Gasteiger partial charge is 0.303 e. The van der Waals surface area contributed by atoms with Gasteiger partial charge in [0, 0.05) is 47.8 Å². The fourth-order valence-corrected chi connectivity index (χ4v) is 3.22. The molecule has 0 aliphatic heterocycles. The Morgan fingerprint density at radius 2 is 0.806 bits per heavy atom. The molecule has 1 N–H and O–H groups in total. The number of hydrogen-bond acceptors (Lipinski definition) is 12. The van der Waals surface area contributed by atoms with Crippen LogP contribution in [0.25, 0.3) is 0 Å². The molecule has 6 atom stereocenters. The monoisotopic (exact) mass is 448 g/mol. The first-order valence-corrected chi connectivity index (χ1v) is 9.56. The molecule has 0 radical (unpaired) electrons. The molecular formula is C19H28O12. The summed E-state index contributed by atoms with van der Waals surface area (Å²) in [5, 5.41) is 9.05. The minimum Gasteiger partial charge on any atom is -0.455 e. The van der Waals surface area contributed by atoms with Gasteiger partial charge in [-0.15, -0.1) is 0 Å². The molecule has 0 saturated heterocycles. The van der Waals surface area contributed by atoms with Crippen molar-refractivity contribution < 1.29 is 57.5 Å². The predicted octanol–water partition coefficient (Wildman–Crippen LogP) is -0.574. The number of hydrogen-bond donors (Lipinski definition) is 1. The second-order valence-electron chi connectivity index (χ2n) is 6.78. The number of esters is 5. The van der Waals surface area contributed by atoms with Crippen LogP contribution in [0.3, 0.4) is 0 Å². The molecule has 1 rings (SSSR count). The Hall–Kier alpha value is -2.73. The summed E-state index contributed by atoms with van der Waals surface area (Å²) in [5.41, 5.74) is 0. The van der Waals surface area contributed by atoms with Crippen molar-refractivity contribution in [2.45, 2.75) is 77.7 Å². The molecule has 1 aliphatic carbocycles. The van der Waals surface area contributed by atoms with E-state index >= 15 is 0 Å². The van der Waals surface area contributed by atoms with Gasteiger partial charge in [0.05, 0.1) is 0 Å². The highest BCUT2D eigenvalue weighted by molar-refractivity contribution is 5.70. The summed E-state index contributed by atoms with van der Waals surface area (Å²) >= 11 is 0. The average molecular weight is 448 g/mol. The van der Waals surface area contributed by atoms with Crippen molar-refractivity contribution in [3.63, 3.8) is 0 Å². The molecule has 1 fully saturated rings. The Labute approximate surface area is 179 Å². The fourth-order valence-electron chi connectivity index (χ4n) is 3.22. The van der Waals surface area contributed by atoms with Crippen molar-refractivity contribution in [3.8, 4) is 0 Å². The number of aliphatic hydroxyl groups excluding tert-OH is 1. The summed E-state index contributed by atoms with van der Waals surface area (Å²) in [4.78, 5) is 58.8. The van der Waals surface area contributed by atoms with Crippen LogP contribution in [-0.4, -0.2) is 84.8 Å². The van der Waals surface area contributed by atoms with E-state index in [4.69, 9.17) is 33.5 Å². The fraction of sp³-hybridized carbons (Fsp3) is 0.737. The Balaban J connectivity index is 3.58. The summed E-state index contributed by atoms with van der Waals surface area (Å²) in [6, 6.07) is 0. The number of aliphatic hydroxyl groups is 1. The van der Waals surface area contributed by atoms with Gasteiger partial charge in [-0.2, -0.15) is 0 Å². The highest BCUT2D eigenvalue weighted by Crippen LogP contribution is 2.34.